The van der Waals surface area contributed by atoms with E-state index in [0.717, 1.165) is 12.8 Å². The molecule has 10 nitrogen and oxygen atoms in total. The van der Waals surface area contributed by atoms with Gasteiger partial charge in [0, 0.05) is 31.0 Å². The number of Topliss-reactive ketones (excluding diaryl/α,β-unsaturated/α-hetero) is 1. The highest BCUT2D eigenvalue weighted by Gasteiger charge is 2.46. The number of carbonyl (C=O) groups excluding carboxylic acids is 2. The number of ketones is 1. The summed E-state index contributed by atoms with van der Waals surface area (Å²) in [6.45, 7) is 4.35. The van der Waals surface area contributed by atoms with Gasteiger partial charge in [0.1, 0.15) is 19.0 Å². The molecule has 1 amide bonds. The first kappa shape index (κ1) is 27.1. The predicted octanol–water partition coefficient (Wildman–Crippen LogP) is 4.35. The van der Waals surface area contributed by atoms with Crippen molar-refractivity contribution in [2.24, 2.45) is 0 Å². The Hall–Kier alpha value is -4.47. The van der Waals surface area contributed by atoms with E-state index in [1.165, 1.54) is 4.90 Å². The average Bonchev–Trinajstić information content (AvgIpc) is 3.59. The third-order valence-electron chi connectivity index (χ3n) is 6.99. The maximum atomic E-state index is 13.5. The molecule has 3 aromatic rings. The molecule has 1 atom stereocenters. The number of carbonyl (C=O) groups is 2. The number of benzene rings is 2. The minimum atomic E-state index is -0.824. The van der Waals surface area contributed by atoms with E-state index in [9.17, 15) is 14.7 Å². The number of ether oxygens (including phenoxy) is 4. The van der Waals surface area contributed by atoms with Crippen LogP contribution in [0.25, 0.3) is 5.76 Å². The quantitative estimate of drug-likeness (QED) is 0.163. The number of likely N-dealkylation sites (tertiary alicyclic amines) is 1. The van der Waals surface area contributed by atoms with Crippen molar-refractivity contribution in [1.29, 1.82) is 0 Å². The summed E-state index contributed by atoms with van der Waals surface area (Å²) in [5.41, 5.74) is 0.990. The zero-order chi connectivity index (χ0) is 28.1. The molecular weight excluding hydrogens is 514 g/mol. The summed E-state index contributed by atoms with van der Waals surface area (Å²) in [7, 11) is 1.54. The van der Waals surface area contributed by atoms with Crippen LogP contribution in [0.2, 0.25) is 0 Å². The summed E-state index contributed by atoms with van der Waals surface area (Å²) in [5, 5.41) is 11.5. The summed E-state index contributed by atoms with van der Waals surface area (Å²) >= 11 is 0. The molecule has 1 N–H and O–H groups in total. The highest BCUT2D eigenvalue weighted by Crippen LogP contribution is 2.43. The van der Waals surface area contributed by atoms with Crippen LogP contribution in [0.3, 0.4) is 0 Å². The molecule has 10 heteroatoms. The Morgan fingerprint density at radius 3 is 2.62 bits per heavy atom. The predicted molar refractivity (Wildman–Crippen MR) is 147 cm³/mol. The van der Waals surface area contributed by atoms with E-state index in [0.29, 0.717) is 73.5 Å². The third kappa shape index (κ3) is 5.47. The zero-order valence-electron chi connectivity index (χ0n) is 22.7. The minimum absolute atomic E-state index is 0.00557. The molecule has 3 heterocycles. The molecule has 210 valence electrons. The van der Waals surface area contributed by atoms with Gasteiger partial charge in [0.05, 0.1) is 31.7 Å². The largest absolute Gasteiger partial charge is 0.507 e. The number of methoxy groups -OCH3 is 1. The highest BCUT2D eigenvalue weighted by atomic mass is 16.6. The van der Waals surface area contributed by atoms with Gasteiger partial charge in [-0.1, -0.05) is 19.4 Å². The van der Waals surface area contributed by atoms with E-state index < -0.39 is 17.7 Å². The van der Waals surface area contributed by atoms with Crippen molar-refractivity contribution in [2.45, 2.75) is 38.8 Å². The van der Waals surface area contributed by atoms with Crippen molar-refractivity contribution in [3.8, 4) is 23.0 Å². The highest BCUT2D eigenvalue weighted by molar-refractivity contribution is 6.46. The van der Waals surface area contributed by atoms with Gasteiger partial charge in [0.2, 0.25) is 0 Å². The number of fused-ring (bicyclic) bond motifs is 1. The van der Waals surface area contributed by atoms with Crippen LogP contribution >= 0.6 is 0 Å². The Balaban J connectivity index is 1.54. The van der Waals surface area contributed by atoms with Crippen LogP contribution < -0.4 is 18.9 Å². The van der Waals surface area contributed by atoms with Gasteiger partial charge in [-0.05, 0) is 48.7 Å². The summed E-state index contributed by atoms with van der Waals surface area (Å²) < 4.78 is 24.7. The van der Waals surface area contributed by atoms with Gasteiger partial charge in [0.25, 0.3) is 11.7 Å². The molecule has 2 aliphatic heterocycles. The topological polar surface area (TPSA) is 112 Å². The van der Waals surface area contributed by atoms with E-state index in [2.05, 4.69) is 11.9 Å². The van der Waals surface area contributed by atoms with Crippen LogP contribution in [0, 0.1) is 0 Å². The lowest BCUT2D eigenvalue weighted by Gasteiger charge is -2.26. The summed E-state index contributed by atoms with van der Waals surface area (Å²) in [4.78, 5) is 32.4. The number of unbranched alkanes of at least 4 members (excludes halogenated alkanes) is 1. The lowest BCUT2D eigenvalue weighted by atomic mass is 9.94. The molecule has 0 bridgehead atoms. The molecule has 40 heavy (non-hydrogen) atoms. The fourth-order valence-corrected chi connectivity index (χ4v) is 4.95. The Labute approximate surface area is 232 Å². The lowest BCUT2D eigenvalue weighted by molar-refractivity contribution is -0.139. The van der Waals surface area contributed by atoms with Crippen molar-refractivity contribution in [1.82, 2.24) is 14.5 Å². The first-order valence-corrected chi connectivity index (χ1v) is 13.5. The normalized spacial score (nSPS) is 17.8. The molecule has 5 rings (SSSR count). The lowest BCUT2D eigenvalue weighted by Crippen LogP contribution is -2.31. The number of aliphatic hydroxyl groups excluding tert-OH is 1. The van der Waals surface area contributed by atoms with Crippen molar-refractivity contribution >= 4 is 17.4 Å². The second-order valence-corrected chi connectivity index (χ2v) is 9.62. The summed E-state index contributed by atoms with van der Waals surface area (Å²) in [6.07, 6.45) is 7.71. The van der Waals surface area contributed by atoms with Crippen LogP contribution in [0.15, 0.2) is 60.7 Å². The Bertz CT molecular complexity index is 1400. The Morgan fingerprint density at radius 2 is 1.88 bits per heavy atom. The maximum Gasteiger partial charge on any atom is 0.295 e. The second kappa shape index (κ2) is 12.1. The monoisotopic (exact) mass is 547 g/mol. The first-order chi connectivity index (χ1) is 19.5. The number of amides is 1. The molecule has 0 saturated carbocycles. The van der Waals surface area contributed by atoms with Gasteiger partial charge in [-0.25, -0.2) is 4.98 Å². The molecule has 1 unspecified atom stereocenters. The van der Waals surface area contributed by atoms with Crippen molar-refractivity contribution in [3.05, 3.63) is 71.8 Å². The summed E-state index contributed by atoms with van der Waals surface area (Å²) in [6, 6.07) is 9.48. The number of rotatable bonds is 11. The van der Waals surface area contributed by atoms with E-state index in [4.69, 9.17) is 18.9 Å². The molecule has 1 saturated heterocycles. The number of aliphatic hydroxyl groups is 1. The minimum Gasteiger partial charge on any atom is -0.507 e. The number of hydrogen-bond donors (Lipinski definition) is 1. The SMILES string of the molecule is CCCCOc1ccc(C2C(=C(O)c3ccc4c(c3)OCCO4)C(=O)C(=O)N2CCCn2ccnc2)cc1OC. The van der Waals surface area contributed by atoms with E-state index in [1.54, 1.807) is 56.0 Å². The fourth-order valence-electron chi connectivity index (χ4n) is 4.95. The molecule has 0 radical (unpaired) electrons. The van der Waals surface area contributed by atoms with Gasteiger partial charge in [-0.2, -0.15) is 0 Å². The number of aromatic nitrogens is 2. The second-order valence-electron chi connectivity index (χ2n) is 9.62. The van der Waals surface area contributed by atoms with E-state index in [-0.39, 0.29) is 11.3 Å². The van der Waals surface area contributed by atoms with Gasteiger partial charge in [-0.15, -0.1) is 0 Å². The maximum absolute atomic E-state index is 13.5. The zero-order valence-corrected chi connectivity index (χ0v) is 22.7. The van der Waals surface area contributed by atoms with Gasteiger partial charge < -0.3 is 33.5 Å². The van der Waals surface area contributed by atoms with Crippen molar-refractivity contribution in [3.63, 3.8) is 0 Å². The fraction of sp³-hybridized carbons (Fsp3) is 0.367. The Morgan fingerprint density at radius 1 is 1.05 bits per heavy atom. The van der Waals surface area contributed by atoms with Gasteiger partial charge in [-0.3, -0.25) is 9.59 Å². The van der Waals surface area contributed by atoms with Crippen molar-refractivity contribution in [2.75, 3.05) is 33.5 Å². The van der Waals surface area contributed by atoms with Crippen LogP contribution in [-0.2, 0) is 16.1 Å². The molecule has 1 fully saturated rings. The number of aryl methyl sites for hydroxylation is 1. The van der Waals surface area contributed by atoms with Crippen LogP contribution in [0.5, 0.6) is 23.0 Å². The molecule has 0 spiro atoms. The van der Waals surface area contributed by atoms with Crippen LogP contribution in [0.4, 0.5) is 0 Å². The van der Waals surface area contributed by atoms with E-state index in [1.807, 2.05) is 10.8 Å². The molecule has 2 aliphatic rings. The Kier molecular flexibility index (Phi) is 8.23. The standard InChI is InChI=1S/C30H33N3O7/c1-3-4-14-38-22-8-6-20(17-24(22)37-2)27-26(28(34)21-7-9-23-25(18-21)40-16-15-39-23)29(35)30(36)33(27)12-5-11-32-13-10-31-19-32/h6-10,13,17-19,27,34H,3-5,11-12,14-16H2,1-2H3. The average molecular weight is 548 g/mol. The number of imidazole rings is 1. The number of hydrogen-bond acceptors (Lipinski definition) is 8. The smallest absolute Gasteiger partial charge is 0.295 e. The van der Waals surface area contributed by atoms with Gasteiger partial charge in [0.15, 0.2) is 23.0 Å². The van der Waals surface area contributed by atoms with Crippen LogP contribution in [-0.4, -0.2) is 64.7 Å². The molecular formula is C30H33N3O7. The van der Waals surface area contributed by atoms with Crippen LogP contribution in [0.1, 0.15) is 43.4 Å². The third-order valence-corrected chi connectivity index (χ3v) is 6.99. The summed E-state index contributed by atoms with van der Waals surface area (Å²) in [5.74, 6) is 0.388. The molecule has 2 aromatic carbocycles. The first-order valence-electron chi connectivity index (χ1n) is 13.5. The van der Waals surface area contributed by atoms with Crippen molar-refractivity contribution < 1.29 is 33.6 Å². The van der Waals surface area contributed by atoms with Gasteiger partial charge >= 0.3 is 0 Å². The van der Waals surface area contributed by atoms with E-state index >= 15 is 0 Å². The molecule has 1 aromatic heterocycles. The molecule has 0 aliphatic carbocycles. The number of nitrogens with zero attached hydrogens (tertiary/aromatic N) is 3.